The van der Waals surface area contributed by atoms with Gasteiger partial charge in [0.05, 0.1) is 22.0 Å². The van der Waals surface area contributed by atoms with Gasteiger partial charge in [-0.05, 0) is 30.0 Å². The third-order valence-corrected chi connectivity index (χ3v) is 4.02. The monoisotopic (exact) mass is 313 g/mol. The number of aromatic nitrogens is 1. The van der Waals surface area contributed by atoms with Gasteiger partial charge in [0.1, 0.15) is 0 Å². The molecule has 0 aliphatic carbocycles. The van der Waals surface area contributed by atoms with Crippen molar-refractivity contribution in [2.24, 2.45) is 0 Å². The van der Waals surface area contributed by atoms with E-state index in [2.05, 4.69) is 50.1 Å². The molecular formula is C12H20BrN5. The molecule has 1 aliphatic heterocycles. The number of nitrogens with one attached hydrogen (secondary N) is 1. The normalized spacial score (nSPS) is 22.1. The minimum Gasteiger partial charge on any atom is -0.396 e. The lowest BCUT2D eigenvalue weighted by atomic mass is 10.2. The van der Waals surface area contributed by atoms with E-state index in [9.17, 15) is 0 Å². The van der Waals surface area contributed by atoms with E-state index in [0.29, 0.717) is 11.7 Å². The van der Waals surface area contributed by atoms with Crippen molar-refractivity contribution in [2.45, 2.75) is 6.04 Å². The molecule has 1 fully saturated rings. The number of nitrogen functional groups attached to an aromatic ring is 1. The molecule has 3 N–H and O–H groups in total. The van der Waals surface area contributed by atoms with Crippen molar-refractivity contribution in [3.8, 4) is 0 Å². The first-order valence-electron chi connectivity index (χ1n) is 6.09. The Balaban J connectivity index is 1.98. The molecule has 5 nitrogen and oxygen atoms in total. The number of anilines is 2. The first-order valence-corrected chi connectivity index (χ1v) is 6.89. The number of nitrogens with zero attached hydrogens (tertiary/aromatic N) is 3. The van der Waals surface area contributed by atoms with Gasteiger partial charge in [-0.3, -0.25) is 9.88 Å². The van der Waals surface area contributed by atoms with Crippen molar-refractivity contribution in [2.75, 3.05) is 51.3 Å². The predicted molar refractivity (Wildman–Crippen MR) is 78.8 cm³/mol. The molecule has 1 unspecified atom stereocenters. The van der Waals surface area contributed by atoms with Gasteiger partial charge in [-0.2, -0.15) is 0 Å². The lowest BCUT2D eigenvalue weighted by Gasteiger charge is -2.38. The molecule has 0 radical (unpaired) electrons. The van der Waals surface area contributed by atoms with Crippen LogP contribution in [0.3, 0.4) is 0 Å². The molecule has 0 aromatic carbocycles. The maximum atomic E-state index is 5.92. The van der Waals surface area contributed by atoms with Crippen molar-refractivity contribution < 1.29 is 0 Å². The summed E-state index contributed by atoms with van der Waals surface area (Å²) in [6, 6.07) is 0.503. The summed E-state index contributed by atoms with van der Waals surface area (Å²) in [6.45, 7) is 4.20. The third-order valence-electron chi connectivity index (χ3n) is 3.42. The Morgan fingerprint density at radius 2 is 2.22 bits per heavy atom. The molecule has 0 bridgehead atoms. The maximum Gasteiger partial charge on any atom is 0.0750 e. The second-order valence-corrected chi connectivity index (χ2v) is 5.72. The summed E-state index contributed by atoms with van der Waals surface area (Å²) >= 11 is 3.47. The summed E-state index contributed by atoms with van der Waals surface area (Å²) in [6.07, 6.45) is 3.43. The van der Waals surface area contributed by atoms with E-state index in [4.69, 9.17) is 5.73 Å². The fourth-order valence-electron chi connectivity index (χ4n) is 2.18. The van der Waals surface area contributed by atoms with Crippen LogP contribution in [-0.2, 0) is 0 Å². The summed E-state index contributed by atoms with van der Waals surface area (Å²) in [4.78, 5) is 8.78. The molecule has 1 aromatic rings. The summed E-state index contributed by atoms with van der Waals surface area (Å²) in [7, 11) is 4.33. The van der Waals surface area contributed by atoms with Gasteiger partial charge in [-0.1, -0.05) is 0 Å². The Hall–Kier alpha value is -0.850. The zero-order valence-corrected chi connectivity index (χ0v) is 12.4. The molecule has 0 saturated carbocycles. The molecule has 1 atom stereocenters. The highest BCUT2D eigenvalue weighted by molar-refractivity contribution is 9.10. The van der Waals surface area contributed by atoms with Crippen LogP contribution in [0.15, 0.2) is 16.9 Å². The molecule has 18 heavy (non-hydrogen) atoms. The van der Waals surface area contributed by atoms with E-state index in [1.54, 1.807) is 12.4 Å². The van der Waals surface area contributed by atoms with Crippen molar-refractivity contribution in [3.05, 3.63) is 16.9 Å². The largest absolute Gasteiger partial charge is 0.396 e. The van der Waals surface area contributed by atoms with Crippen molar-refractivity contribution in [1.29, 1.82) is 0 Å². The minimum absolute atomic E-state index is 0.503. The topological polar surface area (TPSA) is 57.4 Å². The van der Waals surface area contributed by atoms with Crippen molar-refractivity contribution in [1.82, 2.24) is 14.8 Å². The smallest absolute Gasteiger partial charge is 0.0750 e. The molecule has 2 heterocycles. The average molecular weight is 314 g/mol. The van der Waals surface area contributed by atoms with E-state index in [1.807, 2.05) is 0 Å². The molecule has 6 heteroatoms. The van der Waals surface area contributed by atoms with Gasteiger partial charge in [-0.15, -0.1) is 0 Å². The standard InChI is InChI=1S/C12H20BrN5/c1-17-3-4-18(2)9(8-17)5-16-12-10(13)6-15-7-11(12)14/h6-7,9H,3-5,8,14H2,1-2H3,(H,15,16). The van der Waals surface area contributed by atoms with Crippen LogP contribution < -0.4 is 11.1 Å². The van der Waals surface area contributed by atoms with Gasteiger partial charge >= 0.3 is 0 Å². The van der Waals surface area contributed by atoms with E-state index < -0.39 is 0 Å². The summed E-state index contributed by atoms with van der Waals surface area (Å²) in [5.41, 5.74) is 7.53. The Labute approximate surface area is 116 Å². The highest BCUT2D eigenvalue weighted by Gasteiger charge is 2.22. The van der Waals surface area contributed by atoms with E-state index in [1.165, 1.54) is 0 Å². The first-order chi connectivity index (χ1) is 8.58. The summed E-state index contributed by atoms with van der Waals surface area (Å²) < 4.78 is 0.911. The average Bonchev–Trinajstić information content (AvgIpc) is 2.33. The van der Waals surface area contributed by atoms with Crippen LogP contribution in [0.25, 0.3) is 0 Å². The van der Waals surface area contributed by atoms with Gasteiger partial charge in [0, 0.05) is 38.4 Å². The Kier molecular flexibility index (Phi) is 4.42. The number of likely N-dealkylation sites (N-methyl/N-ethyl adjacent to an activating group) is 2. The second kappa shape index (κ2) is 5.86. The van der Waals surface area contributed by atoms with Crippen molar-refractivity contribution >= 4 is 27.3 Å². The van der Waals surface area contributed by atoms with E-state index >= 15 is 0 Å². The van der Waals surface area contributed by atoms with Crippen LogP contribution >= 0.6 is 15.9 Å². The van der Waals surface area contributed by atoms with Crippen LogP contribution in [-0.4, -0.2) is 61.1 Å². The van der Waals surface area contributed by atoms with Crippen LogP contribution in [0, 0.1) is 0 Å². The fraction of sp³-hybridized carbons (Fsp3) is 0.583. The Bertz CT molecular complexity index is 391. The zero-order valence-electron chi connectivity index (χ0n) is 10.9. The minimum atomic E-state index is 0.503. The third kappa shape index (κ3) is 3.13. The van der Waals surface area contributed by atoms with Crippen LogP contribution in [0.1, 0.15) is 0 Å². The Morgan fingerprint density at radius 1 is 1.44 bits per heavy atom. The van der Waals surface area contributed by atoms with Gasteiger partial charge in [0.2, 0.25) is 0 Å². The van der Waals surface area contributed by atoms with Crippen LogP contribution in [0.4, 0.5) is 11.4 Å². The number of halogens is 1. The number of pyridine rings is 1. The fourth-order valence-corrected chi connectivity index (χ4v) is 2.67. The number of rotatable bonds is 3. The molecule has 1 saturated heterocycles. The van der Waals surface area contributed by atoms with E-state index in [0.717, 1.165) is 36.3 Å². The van der Waals surface area contributed by atoms with Gasteiger partial charge in [0.15, 0.2) is 0 Å². The SMILES string of the molecule is CN1CCN(C)C(CNc2c(N)cncc2Br)C1. The van der Waals surface area contributed by atoms with Gasteiger partial charge < -0.3 is 16.0 Å². The Morgan fingerprint density at radius 3 is 2.94 bits per heavy atom. The summed E-state index contributed by atoms with van der Waals surface area (Å²) in [5, 5.41) is 3.42. The van der Waals surface area contributed by atoms with Gasteiger partial charge in [-0.25, -0.2) is 0 Å². The molecule has 1 aromatic heterocycles. The highest BCUT2D eigenvalue weighted by atomic mass is 79.9. The number of hydrogen-bond donors (Lipinski definition) is 2. The number of piperazine rings is 1. The quantitative estimate of drug-likeness (QED) is 0.874. The zero-order chi connectivity index (χ0) is 13.1. The molecule has 0 amide bonds. The summed E-state index contributed by atoms with van der Waals surface area (Å²) in [5.74, 6) is 0. The molecule has 0 spiro atoms. The highest BCUT2D eigenvalue weighted by Crippen LogP contribution is 2.27. The maximum absolute atomic E-state index is 5.92. The van der Waals surface area contributed by atoms with Gasteiger partial charge in [0.25, 0.3) is 0 Å². The first kappa shape index (κ1) is 13.6. The van der Waals surface area contributed by atoms with Crippen LogP contribution in [0.2, 0.25) is 0 Å². The van der Waals surface area contributed by atoms with E-state index in [-0.39, 0.29) is 0 Å². The molecule has 100 valence electrons. The molecule has 2 rings (SSSR count). The molecular weight excluding hydrogens is 294 g/mol. The van der Waals surface area contributed by atoms with Crippen molar-refractivity contribution in [3.63, 3.8) is 0 Å². The lowest BCUT2D eigenvalue weighted by Crippen LogP contribution is -2.52. The van der Waals surface area contributed by atoms with Crippen LogP contribution in [0.5, 0.6) is 0 Å². The lowest BCUT2D eigenvalue weighted by molar-refractivity contribution is 0.122. The second-order valence-electron chi connectivity index (χ2n) is 4.86. The molecule has 1 aliphatic rings. The number of nitrogens with two attached hydrogens (primary N) is 1. The predicted octanol–water partition coefficient (Wildman–Crippen LogP) is 1.08. The number of hydrogen-bond acceptors (Lipinski definition) is 5.